The second kappa shape index (κ2) is 8.47. The first-order valence-electron chi connectivity index (χ1n) is 11.2. The van der Waals surface area contributed by atoms with E-state index >= 15 is 0 Å². The number of carbonyl (C=O) groups excluding carboxylic acids is 2. The number of benzene rings is 4. The van der Waals surface area contributed by atoms with Crippen LogP contribution < -0.4 is 0 Å². The average Bonchev–Trinajstić information content (AvgIpc) is 3.42. The summed E-state index contributed by atoms with van der Waals surface area (Å²) in [6, 6.07) is 33.6. The Bertz CT molecular complexity index is 1530. The van der Waals surface area contributed by atoms with Crippen molar-refractivity contribution < 1.29 is 14.3 Å². The fourth-order valence-electron chi connectivity index (χ4n) is 4.40. The normalized spacial score (nSPS) is 15.1. The molecule has 4 aromatic rings. The number of hydrogen-bond acceptors (Lipinski definition) is 5. The Kier molecular flexibility index (Phi) is 5.00. The maximum absolute atomic E-state index is 13.4. The Balaban J connectivity index is 1.44. The van der Waals surface area contributed by atoms with E-state index in [-0.39, 0.29) is 17.2 Å². The predicted octanol–water partition coefficient (Wildman–Crippen LogP) is 5.71. The summed E-state index contributed by atoms with van der Waals surface area (Å²) in [5.74, 6) is -1.03. The van der Waals surface area contributed by atoms with Gasteiger partial charge >= 0.3 is 0 Å². The Morgan fingerprint density at radius 1 is 0.600 bits per heavy atom. The summed E-state index contributed by atoms with van der Waals surface area (Å²) in [4.78, 5) is 26.7. The molecule has 0 saturated carbocycles. The molecule has 5 heteroatoms. The van der Waals surface area contributed by atoms with Crippen LogP contribution in [0.2, 0.25) is 0 Å². The highest BCUT2D eigenvalue weighted by molar-refractivity contribution is 6.55. The van der Waals surface area contributed by atoms with Crippen molar-refractivity contribution in [3.05, 3.63) is 137 Å². The largest absolute Gasteiger partial charge is 0.433 e. The first kappa shape index (κ1) is 20.7. The lowest BCUT2D eigenvalue weighted by atomic mass is 9.98. The fourth-order valence-corrected chi connectivity index (χ4v) is 4.40. The zero-order chi connectivity index (χ0) is 23.8. The van der Waals surface area contributed by atoms with Crippen LogP contribution in [0.3, 0.4) is 0 Å². The van der Waals surface area contributed by atoms with Crippen molar-refractivity contribution in [2.75, 3.05) is 0 Å². The summed E-state index contributed by atoms with van der Waals surface area (Å²) in [6.07, 6.45) is 0. The summed E-state index contributed by atoms with van der Waals surface area (Å²) in [5.41, 5.74) is 5.61. The molecule has 0 aromatic heterocycles. The van der Waals surface area contributed by atoms with Gasteiger partial charge in [-0.05, 0) is 11.1 Å². The van der Waals surface area contributed by atoms with E-state index in [0.717, 1.165) is 22.3 Å². The van der Waals surface area contributed by atoms with Crippen molar-refractivity contribution in [1.82, 2.24) is 0 Å². The van der Waals surface area contributed by atoms with Crippen LogP contribution >= 0.6 is 0 Å². The van der Waals surface area contributed by atoms with Crippen molar-refractivity contribution in [3.8, 4) is 11.1 Å². The molecule has 0 unspecified atom stereocenters. The zero-order valence-corrected chi connectivity index (χ0v) is 18.5. The van der Waals surface area contributed by atoms with Gasteiger partial charge in [0.05, 0.1) is 0 Å². The minimum atomic E-state index is -0.582. The third-order valence-corrected chi connectivity index (χ3v) is 6.04. The summed E-state index contributed by atoms with van der Waals surface area (Å²) < 4.78 is 5.90. The molecule has 5 nitrogen and oxygen atoms in total. The molecular formula is C30H18N2O3. The van der Waals surface area contributed by atoms with Crippen molar-refractivity contribution in [2.45, 2.75) is 0 Å². The smallest absolute Gasteiger partial charge is 0.288 e. The van der Waals surface area contributed by atoms with E-state index in [1.54, 1.807) is 36.4 Å². The molecule has 0 saturated heterocycles. The van der Waals surface area contributed by atoms with Crippen LogP contribution in [0.1, 0.15) is 27.0 Å². The topological polar surface area (TPSA) is 68.1 Å². The first-order valence-corrected chi connectivity index (χ1v) is 11.2. The molecule has 1 aliphatic carbocycles. The second-order valence-corrected chi connectivity index (χ2v) is 8.14. The molecule has 1 aliphatic heterocycles. The average molecular weight is 454 g/mol. The van der Waals surface area contributed by atoms with Crippen LogP contribution in [0, 0.1) is 0 Å². The summed E-state index contributed by atoms with van der Waals surface area (Å²) >= 11 is 0. The number of nitrogens with zero attached hydrogens (tertiary/aromatic N) is 2. The van der Waals surface area contributed by atoms with Crippen LogP contribution in [0.25, 0.3) is 16.9 Å². The van der Waals surface area contributed by atoms with Gasteiger partial charge in [0.15, 0.2) is 5.76 Å². The fraction of sp³-hybridized carbons (Fsp3) is 0. The number of rotatable bonds is 4. The van der Waals surface area contributed by atoms with E-state index in [9.17, 15) is 9.59 Å². The lowest BCUT2D eigenvalue weighted by molar-refractivity contribution is -0.109. The molecule has 6 rings (SSSR count). The molecule has 0 amide bonds. The molecule has 0 spiro atoms. The maximum Gasteiger partial charge on any atom is 0.288 e. The highest BCUT2D eigenvalue weighted by Gasteiger charge is 2.38. The lowest BCUT2D eigenvalue weighted by Crippen LogP contribution is -2.16. The van der Waals surface area contributed by atoms with Crippen molar-refractivity contribution >= 4 is 28.9 Å². The number of fused-ring (bicyclic) bond motifs is 3. The monoisotopic (exact) mass is 454 g/mol. The van der Waals surface area contributed by atoms with E-state index in [1.807, 2.05) is 72.8 Å². The SMILES string of the molecule is O=C1C(=NN=C2c3ccccc3-c3ccccc32)OC(c2ccccc2)=C1C(=O)c1ccccc1. The van der Waals surface area contributed by atoms with Gasteiger partial charge in [-0.2, -0.15) is 0 Å². The molecule has 0 bridgehead atoms. The Labute approximate surface area is 201 Å². The van der Waals surface area contributed by atoms with Gasteiger partial charge in [-0.1, -0.05) is 109 Å². The van der Waals surface area contributed by atoms with E-state index in [4.69, 9.17) is 4.74 Å². The van der Waals surface area contributed by atoms with E-state index < -0.39 is 11.6 Å². The van der Waals surface area contributed by atoms with E-state index in [1.165, 1.54) is 0 Å². The lowest BCUT2D eigenvalue weighted by Gasteiger charge is -2.04. The van der Waals surface area contributed by atoms with E-state index in [0.29, 0.717) is 16.8 Å². The van der Waals surface area contributed by atoms with Gasteiger partial charge in [0.1, 0.15) is 11.3 Å². The zero-order valence-electron chi connectivity index (χ0n) is 18.5. The maximum atomic E-state index is 13.4. The number of hydrogen-bond donors (Lipinski definition) is 0. The van der Waals surface area contributed by atoms with Crippen molar-refractivity contribution in [1.29, 1.82) is 0 Å². The van der Waals surface area contributed by atoms with Gasteiger partial charge in [-0.15, -0.1) is 10.2 Å². The van der Waals surface area contributed by atoms with Gasteiger partial charge in [0.2, 0.25) is 5.78 Å². The van der Waals surface area contributed by atoms with Gasteiger partial charge in [-0.25, -0.2) is 0 Å². The Morgan fingerprint density at radius 3 is 1.71 bits per heavy atom. The van der Waals surface area contributed by atoms with Gasteiger partial charge < -0.3 is 4.74 Å². The Hall–Kier alpha value is -4.90. The molecule has 0 radical (unpaired) electrons. The molecular weight excluding hydrogens is 436 g/mol. The standard InChI is InChI=1S/C30H18N2O3/c33-27(19-11-3-1-4-12-19)25-28(34)30(35-29(25)20-13-5-2-6-14-20)32-31-26-23-17-9-7-15-21(23)22-16-8-10-18-24(22)26/h1-18H. The second-order valence-electron chi connectivity index (χ2n) is 8.14. The molecule has 2 aliphatic rings. The highest BCUT2D eigenvalue weighted by atomic mass is 16.5. The number of Topliss-reactive ketones (excluding diaryl/α,β-unsaturated/α-hetero) is 2. The van der Waals surface area contributed by atoms with Crippen LogP contribution in [0.5, 0.6) is 0 Å². The molecule has 1 heterocycles. The third kappa shape index (κ3) is 3.50. The number of carbonyl (C=O) groups is 2. The molecule has 0 fully saturated rings. The minimum Gasteiger partial charge on any atom is -0.433 e. The van der Waals surface area contributed by atoms with Crippen LogP contribution in [-0.4, -0.2) is 23.2 Å². The summed E-state index contributed by atoms with van der Waals surface area (Å²) in [5, 5.41) is 8.68. The van der Waals surface area contributed by atoms with Crippen LogP contribution in [0.15, 0.2) is 125 Å². The first-order chi connectivity index (χ1) is 17.2. The van der Waals surface area contributed by atoms with Crippen LogP contribution in [0.4, 0.5) is 0 Å². The highest BCUT2D eigenvalue weighted by Crippen LogP contribution is 2.37. The Morgan fingerprint density at radius 2 is 1.11 bits per heavy atom. The number of ether oxygens (including phenoxy) is 1. The summed E-state index contributed by atoms with van der Waals surface area (Å²) in [6.45, 7) is 0. The van der Waals surface area contributed by atoms with Crippen molar-refractivity contribution in [3.63, 3.8) is 0 Å². The molecule has 0 atom stereocenters. The molecule has 4 aromatic carbocycles. The molecule has 0 N–H and O–H groups in total. The van der Waals surface area contributed by atoms with Crippen molar-refractivity contribution in [2.24, 2.45) is 10.2 Å². The number of ketones is 2. The molecule has 166 valence electrons. The third-order valence-electron chi connectivity index (χ3n) is 6.04. The molecule has 35 heavy (non-hydrogen) atoms. The van der Waals surface area contributed by atoms with Gasteiger partial charge in [0, 0.05) is 22.3 Å². The van der Waals surface area contributed by atoms with E-state index in [2.05, 4.69) is 10.2 Å². The minimum absolute atomic E-state index is 0.0476. The summed E-state index contributed by atoms with van der Waals surface area (Å²) in [7, 11) is 0. The van der Waals surface area contributed by atoms with Gasteiger partial charge in [-0.3, -0.25) is 9.59 Å². The predicted molar refractivity (Wildman–Crippen MR) is 135 cm³/mol. The quantitative estimate of drug-likeness (QED) is 0.198. The van der Waals surface area contributed by atoms with Gasteiger partial charge in [0.25, 0.3) is 11.7 Å². The van der Waals surface area contributed by atoms with Crippen LogP contribution in [-0.2, 0) is 9.53 Å².